The third-order valence-corrected chi connectivity index (χ3v) is 8.82. The lowest BCUT2D eigenvalue weighted by Gasteiger charge is -2.44. The highest BCUT2D eigenvalue weighted by molar-refractivity contribution is 7.89. The van der Waals surface area contributed by atoms with Crippen LogP contribution in [0.4, 0.5) is 5.69 Å². The molecule has 1 heterocycles. The van der Waals surface area contributed by atoms with Crippen LogP contribution in [0.5, 0.6) is 0 Å². The number of hydrogen-bond donors (Lipinski definition) is 1. The molecule has 1 N–H and O–H groups in total. The van der Waals surface area contributed by atoms with Gasteiger partial charge in [-0.2, -0.15) is 4.31 Å². The molecule has 2 aromatic carbocycles. The number of rotatable bonds is 4. The first kappa shape index (κ1) is 22.4. The summed E-state index contributed by atoms with van der Waals surface area (Å²) in [5.74, 6) is -1.56. The average Bonchev–Trinajstić information content (AvgIpc) is 3.10. The first-order valence-electron chi connectivity index (χ1n) is 10.2. The molecule has 0 radical (unpaired) electrons. The number of halogens is 2. The highest BCUT2D eigenvalue weighted by atomic mass is 35.5. The van der Waals surface area contributed by atoms with Crippen LogP contribution in [0, 0.1) is 0 Å². The van der Waals surface area contributed by atoms with Crippen molar-refractivity contribution in [3.63, 3.8) is 0 Å². The van der Waals surface area contributed by atoms with Gasteiger partial charge in [0.25, 0.3) is 0 Å². The third-order valence-electron chi connectivity index (χ3n) is 6.16. The zero-order valence-electron chi connectivity index (χ0n) is 17.3. The van der Waals surface area contributed by atoms with Crippen molar-refractivity contribution in [1.82, 2.24) is 4.31 Å². The van der Waals surface area contributed by atoms with Crippen molar-refractivity contribution < 1.29 is 18.3 Å². The van der Waals surface area contributed by atoms with Crippen LogP contribution in [0.25, 0.3) is 0 Å². The molecule has 9 heteroatoms. The van der Waals surface area contributed by atoms with Crippen molar-refractivity contribution in [2.24, 2.45) is 0 Å². The van der Waals surface area contributed by atoms with Crippen LogP contribution in [0.3, 0.4) is 0 Å². The van der Waals surface area contributed by atoms with Gasteiger partial charge in [-0.05, 0) is 68.1 Å². The minimum Gasteiger partial charge on any atom is -0.481 e. The second kappa shape index (κ2) is 8.28. The molecule has 31 heavy (non-hydrogen) atoms. The van der Waals surface area contributed by atoms with Crippen molar-refractivity contribution in [3.8, 4) is 0 Å². The Morgan fingerprint density at radius 2 is 1.74 bits per heavy atom. The molecule has 0 bridgehead atoms. The van der Waals surface area contributed by atoms with E-state index >= 15 is 0 Å². The predicted octanol–water partition coefficient (Wildman–Crippen LogP) is 4.40. The van der Waals surface area contributed by atoms with Crippen molar-refractivity contribution in [3.05, 3.63) is 57.6 Å². The smallest absolute Gasteiger partial charge is 0.310 e. The zero-order valence-corrected chi connectivity index (χ0v) is 19.6. The number of carboxylic acids is 1. The van der Waals surface area contributed by atoms with Crippen LogP contribution in [-0.4, -0.2) is 49.0 Å². The lowest BCUT2D eigenvalue weighted by Crippen LogP contribution is -2.58. The first-order valence-corrected chi connectivity index (χ1v) is 12.4. The summed E-state index contributed by atoms with van der Waals surface area (Å²) in [6, 6.07) is 9.60. The van der Waals surface area contributed by atoms with Crippen LogP contribution < -0.4 is 4.90 Å². The average molecular weight is 483 g/mol. The molecule has 4 rings (SSSR count). The Labute approximate surface area is 192 Å². The summed E-state index contributed by atoms with van der Waals surface area (Å²) in [4.78, 5) is 13.8. The summed E-state index contributed by atoms with van der Waals surface area (Å²) in [7, 11) is -3.79. The molecule has 1 saturated heterocycles. The normalized spacial score (nSPS) is 24.3. The molecule has 1 aliphatic carbocycles. The number of aryl methyl sites for hydroxylation is 1. The summed E-state index contributed by atoms with van der Waals surface area (Å²) in [5, 5.41) is 10.6. The number of aliphatic carboxylic acids is 1. The Bertz CT molecular complexity index is 1130. The quantitative estimate of drug-likeness (QED) is 0.698. The van der Waals surface area contributed by atoms with E-state index in [0.29, 0.717) is 41.5 Å². The fraction of sp³-hybridized carbons (Fsp3) is 0.409. The van der Waals surface area contributed by atoms with E-state index in [1.165, 1.54) is 4.31 Å². The van der Waals surface area contributed by atoms with Gasteiger partial charge in [0, 0.05) is 30.2 Å². The monoisotopic (exact) mass is 482 g/mol. The van der Waals surface area contributed by atoms with Crippen LogP contribution in [0.1, 0.15) is 37.3 Å². The molecular formula is C22H24Cl2N2O4S. The van der Waals surface area contributed by atoms with E-state index in [9.17, 15) is 18.3 Å². The Morgan fingerprint density at radius 3 is 2.35 bits per heavy atom. The SMILES string of the molecule is CC1CN(c2ccc(Cl)cc2Cl)CC(C)N1S(=O)(=O)c1ccc2c(c1)C(C(=O)O)CC2. The van der Waals surface area contributed by atoms with Crippen molar-refractivity contribution >= 4 is 44.9 Å². The molecule has 2 aliphatic rings. The minimum atomic E-state index is -3.79. The lowest BCUT2D eigenvalue weighted by molar-refractivity contribution is -0.138. The Hall–Kier alpha value is -1.80. The van der Waals surface area contributed by atoms with Crippen LogP contribution in [0.2, 0.25) is 10.0 Å². The molecule has 0 aromatic heterocycles. The second-order valence-corrected chi connectivity index (χ2v) is 11.0. The topological polar surface area (TPSA) is 77.9 Å². The highest BCUT2D eigenvalue weighted by Crippen LogP contribution is 2.37. The maximum Gasteiger partial charge on any atom is 0.310 e. The minimum absolute atomic E-state index is 0.149. The summed E-state index contributed by atoms with van der Waals surface area (Å²) in [6.07, 6.45) is 1.15. The van der Waals surface area contributed by atoms with Crippen LogP contribution in [0.15, 0.2) is 41.3 Å². The van der Waals surface area contributed by atoms with Gasteiger partial charge in [-0.25, -0.2) is 8.42 Å². The number of piperazine rings is 1. The Kier molecular flexibility index (Phi) is 5.98. The van der Waals surface area contributed by atoms with Gasteiger partial charge in [0.1, 0.15) is 0 Å². The Morgan fingerprint density at radius 1 is 1.06 bits per heavy atom. The number of sulfonamides is 1. The molecule has 0 saturated carbocycles. The largest absolute Gasteiger partial charge is 0.481 e. The van der Waals surface area contributed by atoms with Gasteiger partial charge in [0.05, 0.1) is 21.5 Å². The van der Waals surface area contributed by atoms with Gasteiger partial charge in [-0.1, -0.05) is 29.3 Å². The predicted molar refractivity (Wildman–Crippen MR) is 122 cm³/mol. The lowest BCUT2D eigenvalue weighted by atomic mass is 10.0. The zero-order chi connectivity index (χ0) is 22.5. The Balaban J connectivity index is 1.63. The highest BCUT2D eigenvalue weighted by Gasteiger charge is 2.40. The fourth-order valence-corrected chi connectivity index (χ4v) is 7.20. The van der Waals surface area contributed by atoms with E-state index in [2.05, 4.69) is 4.90 Å². The van der Waals surface area contributed by atoms with E-state index in [4.69, 9.17) is 23.2 Å². The maximum absolute atomic E-state index is 13.6. The standard InChI is InChI=1S/C22H24Cl2N2O4S/c1-13-11-25(21-8-5-16(23)9-20(21)24)12-14(2)26(13)31(29,30)17-6-3-15-4-7-18(22(27)28)19(15)10-17/h3,5-6,8-10,13-14,18H,4,7,11-12H2,1-2H3,(H,27,28). The summed E-state index contributed by atoms with van der Waals surface area (Å²) >= 11 is 12.4. The molecule has 6 nitrogen and oxygen atoms in total. The number of hydrogen-bond acceptors (Lipinski definition) is 4. The number of fused-ring (bicyclic) bond motifs is 1. The molecule has 166 valence electrons. The van der Waals surface area contributed by atoms with Gasteiger partial charge >= 0.3 is 5.97 Å². The van der Waals surface area contributed by atoms with Gasteiger partial charge in [0.2, 0.25) is 10.0 Å². The number of benzene rings is 2. The molecule has 2 aromatic rings. The van der Waals surface area contributed by atoms with E-state index in [-0.39, 0.29) is 17.0 Å². The van der Waals surface area contributed by atoms with Gasteiger partial charge in [0.15, 0.2) is 0 Å². The van der Waals surface area contributed by atoms with E-state index < -0.39 is 21.9 Å². The van der Waals surface area contributed by atoms with Crippen molar-refractivity contribution in [1.29, 1.82) is 0 Å². The molecular weight excluding hydrogens is 459 g/mol. The first-order chi connectivity index (χ1) is 14.6. The van der Waals surface area contributed by atoms with E-state index in [0.717, 1.165) is 11.3 Å². The molecule has 3 atom stereocenters. The van der Waals surface area contributed by atoms with Crippen LogP contribution in [-0.2, 0) is 21.2 Å². The molecule has 0 amide bonds. The van der Waals surface area contributed by atoms with E-state index in [1.807, 2.05) is 19.9 Å². The molecule has 1 aliphatic heterocycles. The maximum atomic E-state index is 13.6. The number of carboxylic acid groups (broad SMARTS) is 1. The number of anilines is 1. The molecule has 0 spiro atoms. The summed E-state index contributed by atoms with van der Waals surface area (Å²) < 4.78 is 28.6. The number of carbonyl (C=O) groups is 1. The fourth-order valence-electron chi connectivity index (χ4n) is 4.84. The third kappa shape index (κ3) is 4.04. The van der Waals surface area contributed by atoms with Crippen LogP contribution >= 0.6 is 23.2 Å². The molecule has 3 unspecified atom stereocenters. The van der Waals surface area contributed by atoms with Gasteiger partial charge < -0.3 is 10.0 Å². The van der Waals surface area contributed by atoms with Gasteiger partial charge in [-0.3, -0.25) is 4.79 Å². The van der Waals surface area contributed by atoms with Gasteiger partial charge in [-0.15, -0.1) is 0 Å². The number of nitrogens with zero attached hydrogens (tertiary/aromatic N) is 2. The molecule has 1 fully saturated rings. The summed E-state index contributed by atoms with van der Waals surface area (Å²) in [5.41, 5.74) is 2.35. The second-order valence-electron chi connectivity index (χ2n) is 8.32. The van der Waals surface area contributed by atoms with Crippen molar-refractivity contribution in [2.45, 2.75) is 49.6 Å². The van der Waals surface area contributed by atoms with Crippen molar-refractivity contribution in [2.75, 3.05) is 18.0 Å². The van der Waals surface area contributed by atoms with E-state index in [1.54, 1.807) is 30.3 Å². The summed E-state index contributed by atoms with van der Waals surface area (Å²) in [6.45, 7) is 4.70.